The SMILES string of the molecule is CC1CN(C)CCCN1CC(O)CCl. The Labute approximate surface area is 91.6 Å². The van der Waals surface area contributed by atoms with Gasteiger partial charge < -0.3 is 10.0 Å². The van der Waals surface area contributed by atoms with Crippen LogP contribution in [0.25, 0.3) is 0 Å². The van der Waals surface area contributed by atoms with Crippen molar-refractivity contribution in [2.75, 3.05) is 39.1 Å². The molecule has 14 heavy (non-hydrogen) atoms. The third-order valence-corrected chi connectivity index (χ3v) is 3.16. The van der Waals surface area contributed by atoms with Gasteiger partial charge in [0, 0.05) is 25.0 Å². The first-order valence-corrected chi connectivity index (χ1v) is 5.83. The van der Waals surface area contributed by atoms with Crippen LogP contribution in [0.5, 0.6) is 0 Å². The number of hydrogen-bond donors (Lipinski definition) is 1. The minimum Gasteiger partial charge on any atom is -0.391 e. The Bertz CT molecular complexity index is 168. The molecule has 0 aromatic rings. The number of β-amino-alcohol motifs (C(OH)–C–C–N with tert-alkyl or cyclic N) is 1. The molecule has 0 aliphatic carbocycles. The summed E-state index contributed by atoms with van der Waals surface area (Å²) in [6.07, 6.45) is 0.790. The fourth-order valence-corrected chi connectivity index (χ4v) is 2.11. The van der Waals surface area contributed by atoms with Crippen molar-refractivity contribution in [2.45, 2.75) is 25.5 Å². The molecule has 1 N–H and O–H groups in total. The average Bonchev–Trinajstić information content (AvgIpc) is 2.29. The number of rotatable bonds is 3. The summed E-state index contributed by atoms with van der Waals surface area (Å²) >= 11 is 5.60. The van der Waals surface area contributed by atoms with Crippen LogP contribution in [0.2, 0.25) is 0 Å². The van der Waals surface area contributed by atoms with Gasteiger partial charge in [-0.25, -0.2) is 0 Å². The lowest BCUT2D eigenvalue weighted by Crippen LogP contribution is -2.42. The standard InChI is InChI=1S/C10H21ClN2O/c1-9-7-12(2)4-3-5-13(9)8-10(14)6-11/h9-10,14H,3-8H2,1-2H3. The van der Waals surface area contributed by atoms with E-state index in [1.165, 1.54) is 6.42 Å². The zero-order valence-corrected chi connectivity index (χ0v) is 9.87. The van der Waals surface area contributed by atoms with Gasteiger partial charge in [-0.1, -0.05) is 0 Å². The minimum atomic E-state index is -0.387. The molecule has 1 aliphatic heterocycles. The van der Waals surface area contributed by atoms with E-state index in [9.17, 15) is 5.11 Å². The Morgan fingerprint density at radius 2 is 2.21 bits per heavy atom. The summed E-state index contributed by atoms with van der Waals surface area (Å²) in [7, 11) is 2.15. The zero-order chi connectivity index (χ0) is 10.6. The molecule has 84 valence electrons. The number of halogens is 1. The molecule has 0 radical (unpaired) electrons. The molecule has 1 aliphatic rings. The predicted molar refractivity (Wildman–Crippen MR) is 59.9 cm³/mol. The van der Waals surface area contributed by atoms with Crippen LogP contribution in [0, 0.1) is 0 Å². The molecule has 4 heteroatoms. The quantitative estimate of drug-likeness (QED) is 0.707. The Morgan fingerprint density at radius 3 is 2.86 bits per heavy atom. The molecule has 0 amide bonds. The van der Waals surface area contributed by atoms with E-state index in [1.807, 2.05) is 0 Å². The summed E-state index contributed by atoms with van der Waals surface area (Å²) in [6.45, 7) is 6.22. The molecule has 0 spiro atoms. The third-order valence-electron chi connectivity index (χ3n) is 2.81. The summed E-state index contributed by atoms with van der Waals surface area (Å²) in [5.74, 6) is 0.332. The van der Waals surface area contributed by atoms with E-state index >= 15 is 0 Å². The fraction of sp³-hybridized carbons (Fsp3) is 1.00. The Balaban J connectivity index is 2.42. The smallest absolute Gasteiger partial charge is 0.0802 e. The predicted octanol–water partition coefficient (Wildman–Crippen LogP) is 0.612. The van der Waals surface area contributed by atoms with Crippen LogP contribution in [0.1, 0.15) is 13.3 Å². The van der Waals surface area contributed by atoms with Crippen molar-refractivity contribution in [1.82, 2.24) is 9.80 Å². The maximum atomic E-state index is 9.50. The molecule has 0 bridgehead atoms. The molecule has 0 aromatic carbocycles. The van der Waals surface area contributed by atoms with Gasteiger partial charge in [0.2, 0.25) is 0 Å². The van der Waals surface area contributed by atoms with Crippen LogP contribution >= 0.6 is 11.6 Å². The van der Waals surface area contributed by atoms with Gasteiger partial charge in [-0.15, -0.1) is 11.6 Å². The van der Waals surface area contributed by atoms with Crippen LogP contribution in [-0.4, -0.2) is 66.2 Å². The summed E-state index contributed by atoms with van der Waals surface area (Å²) < 4.78 is 0. The maximum Gasteiger partial charge on any atom is 0.0802 e. The monoisotopic (exact) mass is 220 g/mol. The second-order valence-electron chi connectivity index (χ2n) is 4.27. The normalized spacial score (nSPS) is 28.7. The molecule has 1 fully saturated rings. The average molecular weight is 221 g/mol. The Kier molecular flexibility index (Phi) is 5.17. The number of alkyl halides is 1. The Hall–Kier alpha value is 0.170. The first-order chi connectivity index (χ1) is 6.63. The maximum absolute atomic E-state index is 9.50. The van der Waals surface area contributed by atoms with Crippen molar-refractivity contribution in [3.8, 4) is 0 Å². The second-order valence-corrected chi connectivity index (χ2v) is 4.58. The lowest BCUT2D eigenvalue weighted by atomic mass is 10.2. The number of hydrogen-bond acceptors (Lipinski definition) is 3. The molecular formula is C10H21ClN2O. The van der Waals surface area contributed by atoms with Gasteiger partial charge in [-0.05, 0) is 33.5 Å². The van der Waals surface area contributed by atoms with Crippen molar-refractivity contribution >= 4 is 11.6 Å². The summed E-state index contributed by atoms with van der Waals surface area (Å²) in [6, 6.07) is 0.514. The van der Waals surface area contributed by atoms with Gasteiger partial charge in [-0.3, -0.25) is 4.90 Å². The van der Waals surface area contributed by atoms with E-state index in [4.69, 9.17) is 11.6 Å². The molecule has 0 saturated carbocycles. The van der Waals surface area contributed by atoms with Crippen LogP contribution in [0.15, 0.2) is 0 Å². The molecule has 1 rings (SSSR count). The number of nitrogens with zero attached hydrogens (tertiary/aromatic N) is 2. The van der Waals surface area contributed by atoms with E-state index in [1.54, 1.807) is 0 Å². The van der Waals surface area contributed by atoms with Gasteiger partial charge in [0.25, 0.3) is 0 Å². The molecule has 0 aromatic heterocycles. The highest BCUT2D eigenvalue weighted by Crippen LogP contribution is 2.09. The number of aliphatic hydroxyl groups excluding tert-OH is 1. The molecule has 1 heterocycles. The van der Waals surface area contributed by atoms with Crippen LogP contribution in [-0.2, 0) is 0 Å². The molecule has 2 unspecified atom stereocenters. The number of aliphatic hydroxyl groups is 1. The van der Waals surface area contributed by atoms with Gasteiger partial charge in [0.1, 0.15) is 0 Å². The highest BCUT2D eigenvalue weighted by molar-refractivity contribution is 6.18. The molecule has 3 nitrogen and oxygen atoms in total. The first kappa shape index (κ1) is 12.2. The summed E-state index contributed by atoms with van der Waals surface area (Å²) in [5.41, 5.74) is 0. The van der Waals surface area contributed by atoms with Crippen LogP contribution in [0.4, 0.5) is 0 Å². The van der Waals surface area contributed by atoms with Gasteiger partial charge in [0.05, 0.1) is 6.10 Å². The van der Waals surface area contributed by atoms with E-state index in [2.05, 4.69) is 23.8 Å². The van der Waals surface area contributed by atoms with Gasteiger partial charge in [0.15, 0.2) is 0 Å². The van der Waals surface area contributed by atoms with Crippen molar-refractivity contribution in [2.24, 2.45) is 0 Å². The van der Waals surface area contributed by atoms with Gasteiger partial charge >= 0.3 is 0 Å². The molecule has 2 atom stereocenters. The summed E-state index contributed by atoms with van der Waals surface area (Å²) in [5, 5.41) is 9.50. The van der Waals surface area contributed by atoms with E-state index < -0.39 is 0 Å². The lowest BCUT2D eigenvalue weighted by molar-refractivity contribution is 0.106. The largest absolute Gasteiger partial charge is 0.391 e. The highest BCUT2D eigenvalue weighted by Gasteiger charge is 2.21. The Morgan fingerprint density at radius 1 is 1.50 bits per heavy atom. The lowest BCUT2D eigenvalue weighted by Gasteiger charge is -2.29. The first-order valence-electron chi connectivity index (χ1n) is 5.30. The van der Waals surface area contributed by atoms with E-state index in [-0.39, 0.29) is 6.10 Å². The molecule has 1 saturated heterocycles. The van der Waals surface area contributed by atoms with Crippen molar-refractivity contribution in [1.29, 1.82) is 0 Å². The zero-order valence-electron chi connectivity index (χ0n) is 9.12. The molecular weight excluding hydrogens is 200 g/mol. The fourth-order valence-electron chi connectivity index (χ4n) is 2.01. The topological polar surface area (TPSA) is 26.7 Å². The van der Waals surface area contributed by atoms with Crippen LogP contribution in [0.3, 0.4) is 0 Å². The van der Waals surface area contributed by atoms with E-state index in [0.717, 1.165) is 19.6 Å². The van der Waals surface area contributed by atoms with Crippen molar-refractivity contribution < 1.29 is 5.11 Å². The minimum absolute atomic E-state index is 0.332. The van der Waals surface area contributed by atoms with Crippen molar-refractivity contribution in [3.63, 3.8) is 0 Å². The van der Waals surface area contributed by atoms with Gasteiger partial charge in [-0.2, -0.15) is 0 Å². The highest BCUT2D eigenvalue weighted by atomic mass is 35.5. The summed E-state index contributed by atoms with van der Waals surface area (Å²) in [4.78, 5) is 4.67. The second kappa shape index (κ2) is 5.91. The van der Waals surface area contributed by atoms with E-state index in [0.29, 0.717) is 18.5 Å². The van der Waals surface area contributed by atoms with Crippen LogP contribution < -0.4 is 0 Å². The number of likely N-dealkylation sites (N-methyl/N-ethyl adjacent to an activating group) is 1. The van der Waals surface area contributed by atoms with Crippen molar-refractivity contribution in [3.05, 3.63) is 0 Å². The third kappa shape index (κ3) is 3.73.